The number of aromatic nitrogens is 1. The van der Waals surface area contributed by atoms with E-state index in [1.54, 1.807) is 28.5 Å². The molecule has 0 bridgehead atoms. The van der Waals surface area contributed by atoms with Gasteiger partial charge in [0.25, 0.3) is 11.8 Å². The Bertz CT molecular complexity index is 1140. The molecule has 32 heavy (non-hydrogen) atoms. The summed E-state index contributed by atoms with van der Waals surface area (Å²) in [6, 6.07) is 13.3. The molecule has 2 aromatic carbocycles. The first-order valence-electron chi connectivity index (χ1n) is 10.7. The molecule has 164 valence electrons. The van der Waals surface area contributed by atoms with Gasteiger partial charge in [0.2, 0.25) is 0 Å². The van der Waals surface area contributed by atoms with Crippen molar-refractivity contribution in [1.29, 1.82) is 0 Å². The number of likely N-dealkylation sites (tertiary alicyclic amines) is 1. The van der Waals surface area contributed by atoms with Gasteiger partial charge in [-0.3, -0.25) is 14.5 Å². The van der Waals surface area contributed by atoms with Crippen molar-refractivity contribution in [2.75, 3.05) is 24.5 Å². The van der Waals surface area contributed by atoms with Gasteiger partial charge in [-0.1, -0.05) is 12.1 Å². The van der Waals surface area contributed by atoms with Crippen LogP contribution in [0.15, 0.2) is 53.9 Å². The molecule has 0 radical (unpaired) electrons. The molecular weight excluding hydrogens is 429 g/mol. The van der Waals surface area contributed by atoms with E-state index in [1.165, 1.54) is 23.5 Å². The van der Waals surface area contributed by atoms with Crippen molar-refractivity contribution in [3.05, 3.63) is 65.4 Å². The SMILES string of the molecule is O=C(C1CN(C(=O)c2csc(-c3ccc(F)cc3)n2)c2ccccc2O1)N1CCCCC1. The summed E-state index contributed by atoms with van der Waals surface area (Å²) in [6.07, 6.45) is 2.36. The zero-order chi connectivity index (χ0) is 22.1. The van der Waals surface area contributed by atoms with Gasteiger partial charge in [0.05, 0.1) is 12.2 Å². The van der Waals surface area contributed by atoms with Crippen LogP contribution in [0.5, 0.6) is 5.75 Å². The van der Waals surface area contributed by atoms with Crippen molar-refractivity contribution in [3.8, 4) is 16.3 Å². The van der Waals surface area contributed by atoms with Crippen LogP contribution in [-0.4, -0.2) is 47.4 Å². The van der Waals surface area contributed by atoms with Crippen LogP contribution in [0, 0.1) is 5.82 Å². The van der Waals surface area contributed by atoms with Gasteiger partial charge in [-0.05, 0) is 55.7 Å². The van der Waals surface area contributed by atoms with Gasteiger partial charge in [-0.25, -0.2) is 9.37 Å². The Hall–Kier alpha value is -3.26. The summed E-state index contributed by atoms with van der Waals surface area (Å²) in [4.78, 5) is 34.4. The van der Waals surface area contributed by atoms with Crippen LogP contribution < -0.4 is 9.64 Å². The third-order valence-corrected chi connectivity index (χ3v) is 6.67. The Morgan fingerprint density at radius 1 is 1.03 bits per heavy atom. The number of fused-ring (bicyclic) bond motifs is 1. The predicted molar refractivity (Wildman–Crippen MR) is 120 cm³/mol. The number of anilines is 1. The molecule has 0 saturated carbocycles. The minimum atomic E-state index is -0.748. The Kier molecular flexibility index (Phi) is 5.61. The maximum atomic E-state index is 13.4. The van der Waals surface area contributed by atoms with Gasteiger partial charge < -0.3 is 9.64 Å². The fraction of sp³-hybridized carbons (Fsp3) is 0.292. The second kappa shape index (κ2) is 8.70. The number of carbonyl (C=O) groups is 2. The molecule has 0 aliphatic carbocycles. The topological polar surface area (TPSA) is 62.7 Å². The number of halogens is 1. The number of thiazole rings is 1. The number of ether oxygens (including phenoxy) is 1. The molecule has 1 fully saturated rings. The third kappa shape index (κ3) is 3.98. The van der Waals surface area contributed by atoms with Crippen molar-refractivity contribution < 1.29 is 18.7 Å². The summed E-state index contributed by atoms with van der Waals surface area (Å²) in [5, 5.41) is 2.33. The lowest BCUT2D eigenvalue weighted by molar-refractivity contribution is -0.139. The van der Waals surface area contributed by atoms with E-state index in [4.69, 9.17) is 4.74 Å². The third-order valence-electron chi connectivity index (χ3n) is 5.78. The first-order chi connectivity index (χ1) is 15.6. The lowest BCUT2D eigenvalue weighted by atomic mass is 10.1. The molecule has 3 aromatic rings. The van der Waals surface area contributed by atoms with E-state index >= 15 is 0 Å². The molecule has 1 unspecified atom stereocenters. The van der Waals surface area contributed by atoms with E-state index in [9.17, 15) is 14.0 Å². The van der Waals surface area contributed by atoms with E-state index in [2.05, 4.69) is 4.98 Å². The molecule has 0 N–H and O–H groups in total. The van der Waals surface area contributed by atoms with Crippen molar-refractivity contribution in [3.63, 3.8) is 0 Å². The van der Waals surface area contributed by atoms with E-state index < -0.39 is 6.10 Å². The Morgan fingerprint density at radius 2 is 1.78 bits per heavy atom. The molecule has 2 aliphatic heterocycles. The molecule has 1 atom stereocenters. The molecule has 6 nitrogen and oxygen atoms in total. The summed E-state index contributed by atoms with van der Waals surface area (Å²) < 4.78 is 19.2. The fourth-order valence-electron chi connectivity index (χ4n) is 4.11. The van der Waals surface area contributed by atoms with Crippen LogP contribution in [0.4, 0.5) is 10.1 Å². The first-order valence-corrected chi connectivity index (χ1v) is 11.6. The van der Waals surface area contributed by atoms with Crippen LogP contribution in [0.3, 0.4) is 0 Å². The van der Waals surface area contributed by atoms with Gasteiger partial charge in [0, 0.05) is 24.0 Å². The quantitative estimate of drug-likeness (QED) is 0.593. The number of amides is 2. The minimum Gasteiger partial charge on any atom is -0.476 e. The Balaban J connectivity index is 1.42. The van der Waals surface area contributed by atoms with Crippen LogP contribution >= 0.6 is 11.3 Å². The summed E-state index contributed by atoms with van der Waals surface area (Å²) in [7, 11) is 0. The number of rotatable bonds is 3. The monoisotopic (exact) mass is 451 g/mol. The zero-order valence-electron chi connectivity index (χ0n) is 17.4. The number of hydrogen-bond acceptors (Lipinski definition) is 5. The molecule has 2 aliphatic rings. The number of carbonyl (C=O) groups excluding carboxylic acids is 2. The minimum absolute atomic E-state index is 0.0812. The van der Waals surface area contributed by atoms with Crippen LogP contribution in [-0.2, 0) is 4.79 Å². The van der Waals surface area contributed by atoms with Crippen LogP contribution in [0.2, 0.25) is 0 Å². The number of hydrogen-bond donors (Lipinski definition) is 0. The maximum Gasteiger partial charge on any atom is 0.278 e. The van der Waals surface area contributed by atoms with Gasteiger partial charge in [0.1, 0.15) is 22.3 Å². The Morgan fingerprint density at radius 3 is 2.56 bits per heavy atom. The Labute approximate surface area is 189 Å². The second-order valence-electron chi connectivity index (χ2n) is 7.92. The molecule has 5 rings (SSSR count). The van der Waals surface area contributed by atoms with E-state index in [1.807, 2.05) is 23.1 Å². The van der Waals surface area contributed by atoms with E-state index in [0.717, 1.165) is 37.9 Å². The van der Waals surface area contributed by atoms with Crippen molar-refractivity contribution in [1.82, 2.24) is 9.88 Å². The number of benzene rings is 2. The second-order valence-corrected chi connectivity index (χ2v) is 8.78. The highest BCUT2D eigenvalue weighted by atomic mass is 32.1. The molecule has 3 heterocycles. The van der Waals surface area contributed by atoms with Gasteiger partial charge in [-0.2, -0.15) is 0 Å². The predicted octanol–water partition coefficient (Wildman–Crippen LogP) is 4.37. The molecule has 1 aromatic heterocycles. The smallest absolute Gasteiger partial charge is 0.278 e. The van der Waals surface area contributed by atoms with Crippen molar-refractivity contribution in [2.24, 2.45) is 0 Å². The number of para-hydroxylation sites is 2. The average molecular weight is 452 g/mol. The summed E-state index contributed by atoms with van der Waals surface area (Å²) in [5.74, 6) is -0.184. The maximum absolute atomic E-state index is 13.4. The van der Waals surface area contributed by atoms with Crippen LogP contribution in [0.1, 0.15) is 29.8 Å². The highest BCUT2D eigenvalue weighted by Crippen LogP contribution is 2.35. The van der Waals surface area contributed by atoms with Crippen LogP contribution in [0.25, 0.3) is 10.6 Å². The number of piperidine rings is 1. The highest BCUT2D eigenvalue weighted by molar-refractivity contribution is 7.13. The number of nitrogens with zero attached hydrogens (tertiary/aromatic N) is 3. The average Bonchev–Trinajstić information content (AvgIpc) is 3.34. The molecular formula is C24H22FN3O3S. The summed E-state index contributed by atoms with van der Waals surface area (Å²) >= 11 is 1.32. The molecule has 8 heteroatoms. The lowest BCUT2D eigenvalue weighted by Crippen LogP contribution is -2.52. The van der Waals surface area contributed by atoms with Gasteiger partial charge >= 0.3 is 0 Å². The lowest BCUT2D eigenvalue weighted by Gasteiger charge is -2.37. The molecule has 2 amide bonds. The van der Waals surface area contributed by atoms with Crippen molar-refractivity contribution in [2.45, 2.75) is 25.4 Å². The summed E-state index contributed by atoms with van der Waals surface area (Å²) in [6.45, 7) is 1.58. The first kappa shape index (κ1) is 20.6. The van der Waals surface area contributed by atoms with E-state index in [-0.39, 0.29) is 29.9 Å². The zero-order valence-corrected chi connectivity index (χ0v) is 18.2. The van der Waals surface area contributed by atoms with Gasteiger partial charge in [0.15, 0.2) is 6.10 Å². The normalized spacial score (nSPS) is 18.1. The fourth-order valence-corrected chi connectivity index (χ4v) is 4.91. The molecule has 1 saturated heterocycles. The highest BCUT2D eigenvalue weighted by Gasteiger charge is 2.37. The largest absolute Gasteiger partial charge is 0.476 e. The van der Waals surface area contributed by atoms with Crippen molar-refractivity contribution >= 4 is 28.8 Å². The standard InChI is InChI=1S/C24H22FN3O3S/c25-17-10-8-16(9-11-17)22-26-18(15-32-22)23(29)28-14-21(24(30)27-12-4-1-5-13-27)31-20-7-3-2-6-19(20)28/h2-3,6-11,15,21H,1,4-5,12-14H2. The molecule has 0 spiro atoms. The van der Waals surface area contributed by atoms with E-state index in [0.29, 0.717) is 16.4 Å². The van der Waals surface area contributed by atoms with Gasteiger partial charge in [-0.15, -0.1) is 11.3 Å². The summed E-state index contributed by atoms with van der Waals surface area (Å²) in [5.41, 5.74) is 1.66.